The standard InChI is InChI=1S/C22H26N2O4S/c1-22(2)15-19(18-7-3-4-8-20(18)28-22)23-21(25)16-9-11-17(12-10-16)24-13-5-6-14-29(24,26)27/h3-4,7-12,19H,5-6,13-15H2,1-2H3,(H,23,25)/t19-/m0/s1. The fraction of sp³-hybridized carbons (Fsp3) is 0.409. The van der Waals surface area contributed by atoms with Gasteiger partial charge in [0.1, 0.15) is 11.4 Å². The summed E-state index contributed by atoms with van der Waals surface area (Å²) in [7, 11) is -3.26. The Morgan fingerprint density at radius 1 is 1.10 bits per heavy atom. The highest BCUT2D eigenvalue weighted by Gasteiger charge is 2.34. The lowest BCUT2D eigenvalue weighted by Gasteiger charge is -2.37. The van der Waals surface area contributed by atoms with Crippen molar-refractivity contribution in [3.63, 3.8) is 0 Å². The second-order valence-electron chi connectivity index (χ2n) is 8.27. The van der Waals surface area contributed by atoms with Crippen molar-refractivity contribution in [3.05, 3.63) is 59.7 Å². The average Bonchev–Trinajstić information content (AvgIpc) is 2.67. The number of sulfonamides is 1. The van der Waals surface area contributed by atoms with Crippen LogP contribution in [-0.2, 0) is 10.0 Å². The molecule has 0 radical (unpaired) electrons. The quantitative estimate of drug-likeness (QED) is 0.832. The molecule has 2 aliphatic heterocycles. The van der Waals surface area contributed by atoms with Crippen molar-refractivity contribution in [1.29, 1.82) is 0 Å². The number of rotatable bonds is 3. The zero-order chi connectivity index (χ0) is 20.6. The Balaban J connectivity index is 1.52. The molecule has 6 nitrogen and oxygen atoms in total. The normalized spacial score (nSPS) is 22.3. The van der Waals surface area contributed by atoms with E-state index in [4.69, 9.17) is 4.74 Å². The van der Waals surface area contributed by atoms with Crippen LogP contribution in [0.1, 0.15) is 55.1 Å². The van der Waals surface area contributed by atoms with Gasteiger partial charge in [-0.3, -0.25) is 9.10 Å². The first-order valence-corrected chi connectivity index (χ1v) is 11.6. The summed E-state index contributed by atoms with van der Waals surface area (Å²) < 4.78 is 32.0. The van der Waals surface area contributed by atoms with Crippen LogP contribution in [0.4, 0.5) is 5.69 Å². The van der Waals surface area contributed by atoms with E-state index in [0.717, 1.165) is 17.7 Å². The number of anilines is 1. The van der Waals surface area contributed by atoms with Crippen LogP contribution in [0, 0.1) is 0 Å². The maximum atomic E-state index is 12.9. The lowest BCUT2D eigenvalue weighted by atomic mass is 9.89. The van der Waals surface area contributed by atoms with Crippen LogP contribution >= 0.6 is 0 Å². The number of hydrogen-bond acceptors (Lipinski definition) is 4. The molecule has 1 N–H and O–H groups in total. The third-order valence-corrected chi connectivity index (χ3v) is 7.32. The van der Waals surface area contributed by atoms with Crippen molar-refractivity contribution in [3.8, 4) is 5.75 Å². The van der Waals surface area contributed by atoms with Crippen molar-refractivity contribution in [2.75, 3.05) is 16.6 Å². The Hall–Kier alpha value is -2.54. The van der Waals surface area contributed by atoms with E-state index in [1.54, 1.807) is 24.3 Å². The van der Waals surface area contributed by atoms with Crippen LogP contribution in [0.3, 0.4) is 0 Å². The highest BCUT2D eigenvalue weighted by molar-refractivity contribution is 7.92. The fourth-order valence-electron chi connectivity index (χ4n) is 4.03. The summed E-state index contributed by atoms with van der Waals surface area (Å²) in [6, 6.07) is 14.4. The highest BCUT2D eigenvalue weighted by atomic mass is 32.2. The van der Waals surface area contributed by atoms with Gasteiger partial charge in [0.2, 0.25) is 10.0 Å². The monoisotopic (exact) mass is 414 g/mol. The molecule has 1 atom stereocenters. The van der Waals surface area contributed by atoms with Crippen molar-refractivity contribution in [2.45, 2.75) is 44.8 Å². The molecule has 0 aliphatic carbocycles. The van der Waals surface area contributed by atoms with Crippen LogP contribution in [-0.4, -0.2) is 32.2 Å². The van der Waals surface area contributed by atoms with E-state index in [9.17, 15) is 13.2 Å². The zero-order valence-electron chi connectivity index (χ0n) is 16.7. The minimum atomic E-state index is -3.26. The zero-order valence-corrected chi connectivity index (χ0v) is 17.5. The molecule has 154 valence electrons. The fourth-order valence-corrected chi connectivity index (χ4v) is 5.67. The van der Waals surface area contributed by atoms with Gasteiger partial charge in [-0.25, -0.2) is 8.42 Å². The molecule has 2 aromatic carbocycles. The molecule has 29 heavy (non-hydrogen) atoms. The number of amides is 1. The summed E-state index contributed by atoms with van der Waals surface area (Å²) in [4.78, 5) is 12.9. The van der Waals surface area contributed by atoms with Gasteiger partial charge in [0.05, 0.1) is 17.5 Å². The SMILES string of the molecule is CC1(C)C[C@H](NC(=O)c2ccc(N3CCCCS3(=O)=O)cc2)c2ccccc2O1. The molecule has 0 spiro atoms. The molecule has 1 fully saturated rings. The van der Waals surface area contributed by atoms with Gasteiger partial charge in [-0.1, -0.05) is 18.2 Å². The molecular weight excluding hydrogens is 388 g/mol. The molecule has 2 aliphatic rings. The summed E-state index contributed by atoms with van der Waals surface area (Å²) in [5.74, 6) is 0.782. The minimum absolute atomic E-state index is 0.149. The second kappa shape index (κ2) is 7.37. The topological polar surface area (TPSA) is 75.7 Å². The number of hydrogen-bond donors (Lipinski definition) is 1. The maximum Gasteiger partial charge on any atom is 0.251 e. The Morgan fingerprint density at radius 2 is 1.83 bits per heavy atom. The molecule has 1 amide bonds. The molecule has 0 unspecified atom stereocenters. The number of carbonyl (C=O) groups is 1. The van der Waals surface area contributed by atoms with Crippen molar-refractivity contribution in [2.24, 2.45) is 0 Å². The van der Waals surface area contributed by atoms with Crippen molar-refractivity contribution in [1.82, 2.24) is 5.32 Å². The van der Waals surface area contributed by atoms with E-state index in [-0.39, 0.29) is 23.3 Å². The number of nitrogens with zero attached hydrogens (tertiary/aromatic N) is 1. The summed E-state index contributed by atoms with van der Waals surface area (Å²) in [5, 5.41) is 3.11. The molecule has 2 aromatic rings. The van der Waals surface area contributed by atoms with E-state index in [2.05, 4.69) is 5.32 Å². The van der Waals surface area contributed by atoms with Crippen molar-refractivity contribution < 1.29 is 17.9 Å². The van der Waals surface area contributed by atoms with Crippen LogP contribution in [0.5, 0.6) is 5.75 Å². The van der Waals surface area contributed by atoms with Gasteiger partial charge >= 0.3 is 0 Å². The highest BCUT2D eigenvalue weighted by Crippen LogP contribution is 2.39. The van der Waals surface area contributed by atoms with Crippen LogP contribution in [0.15, 0.2) is 48.5 Å². The van der Waals surface area contributed by atoms with E-state index in [1.807, 2.05) is 38.1 Å². The van der Waals surface area contributed by atoms with E-state index >= 15 is 0 Å². The number of para-hydroxylation sites is 1. The Bertz CT molecular complexity index is 1020. The summed E-state index contributed by atoms with van der Waals surface area (Å²) in [5.41, 5.74) is 1.71. The van der Waals surface area contributed by atoms with Gasteiger partial charge in [-0.2, -0.15) is 0 Å². The van der Waals surface area contributed by atoms with E-state index < -0.39 is 10.0 Å². The molecule has 0 bridgehead atoms. The van der Waals surface area contributed by atoms with Gasteiger partial charge in [0.25, 0.3) is 5.91 Å². The summed E-state index contributed by atoms with van der Waals surface area (Å²) >= 11 is 0. The minimum Gasteiger partial charge on any atom is -0.487 e. The Morgan fingerprint density at radius 3 is 2.55 bits per heavy atom. The largest absolute Gasteiger partial charge is 0.487 e. The molecule has 0 aromatic heterocycles. The van der Waals surface area contributed by atoms with Gasteiger partial charge in [0, 0.05) is 24.1 Å². The third-order valence-electron chi connectivity index (χ3n) is 5.45. The second-order valence-corrected chi connectivity index (χ2v) is 10.3. The Kier molecular flexibility index (Phi) is 5.02. The summed E-state index contributed by atoms with van der Waals surface area (Å²) in [6.45, 7) is 4.51. The Labute approximate surface area is 171 Å². The predicted molar refractivity (Wildman–Crippen MR) is 113 cm³/mol. The van der Waals surface area contributed by atoms with E-state index in [1.165, 1.54) is 4.31 Å². The van der Waals surface area contributed by atoms with Gasteiger partial charge in [-0.15, -0.1) is 0 Å². The first-order valence-electron chi connectivity index (χ1n) is 9.94. The number of carbonyl (C=O) groups excluding carboxylic acids is 1. The molecular formula is C22H26N2O4S. The summed E-state index contributed by atoms with van der Waals surface area (Å²) in [6.07, 6.45) is 2.21. The van der Waals surface area contributed by atoms with Crippen LogP contribution in [0.2, 0.25) is 0 Å². The van der Waals surface area contributed by atoms with Gasteiger partial charge < -0.3 is 10.1 Å². The molecule has 1 saturated heterocycles. The maximum absolute atomic E-state index is 12.9. The number of benzene rings is 2. The number of fused-ring (bicyclic) bond motifs is 1. The molecule has 2 heterocycles. The first-order chi connectivity index (χ1) is 13.8. The molecule has 0 saturated carbocycles. The average molecular weight is 415 g/mol. The van der Waals surface area contributed by atoms with Gasteiger partial charge in [0.15, 0.2) is 0 Å². The molecule has 4 rings (SSSR count). The first kappa shape index (κ1) is 19.8. The smallest absolute Gasteiger partial charge is 0.251 e. The predicted octanol–water partition coefficient (Wildman–Crippen LogP) is 3.65. The number of nitrogens with one attached hydrogen (secondary N) is 1. The van der Waals surface area contributed by atoms with Crippen LogP contribution < -0.4 is 14.4 Å². The van der Waals surface area contributed by atoms with E-state index in [0.29, 0.717) is 30.6 Å². The molecule has 7 heteroatoms. The van der Waals surface area contributed by atoms with Crippen molar-refractivity contribution >= 4 is 21.6 Å². The van der Waals surface area contributed by atoms with Gasteiger partial charge in [-0.05, 0) is 57.0 Å². The lowest BCUT2D eigenvalue weighted by Crippen LogP contribution is -2.41. The third kappa shape index (κ3) is 4.10. The lowest BCUT2D eigenvalue weighted by molar-refractivity contribution is 0.0619. The van der Waals surface area contributed by atoms with Crippen LogP contribution in [0.25, 0.3) is 0 Å². The number of ether oxygens (including phenoxy) is 1.